The number of hydrogen-bond acceptors (Lipinski definition) is 2. The van der Waals surface area contributed by atoms with Crippen molar-refractivity contribution < 1.29 is 4.74 Å². The Balaban J connectivity index is 1.63. The Labute approximate surface area is 147 Å². The van der Waals surface area contributed by atoms with E-state index in [4.69, 9.17) is 16.3 Å². The molecule has 0 aliphatic rings. The molecule has 0 aliphatic heterocycles. The quantitative estimate of drug-likeness (QED) is 0.526. The highest BCUT2D eigenvalue weighted by Gasteiger charge is 2.00. The van der Waals surface area contributed by atoms with Gasteiger partial charge in [-0.2, -0.15) is 0 Å². The molecule has 0 unspecified atom stereocenters. The fourth-order valence-electron chi connectivity index (χ4n) is 2.28. The van der Waals surface area contributed by atoms with Crippen molar-refractivity contribution >= 4 is 23.5 Å². The van der Waals surface area contributed by atoms with Gasteiger partial charge in [-0.15, -0.1) is 0 Å². The maximum absolute atomic E-state index is 6.13. The normalized spacial score (nSPS) is 10.9. The number of benzene rings is 3. The average Bonchev–Trinajstić information content (AvgIpc) is 2.61. The summed E-state index contributed by atoms with van der Waals surface area (Å²) in [6, 6.07) is 23.6. The van der Waals surface area contributed by atoms with Crippen molar-refractivity contribution in [1.29, 1.82) is 0 Å². The predicted octanol–water partition coefficient (Wildman–Crippen LogP) is 5.98. The van der Waals surface area contributed by atoms with Gasteiger partial charge in [0.05, 0.1) is 5.69 Å². The lowest BCUT2D eigenvalue weighted by molar-refractivity contribution is 0.306. The zero-order valence-electron chi connectivity index (χ0n) is 13.4. The van der Waals surface area contributed by atoms with Crippen LogP contribution in [-0.2, 0) is 6.61 Å². The number of aryl methyl sites for hydroxylation is 1. The largest absolute Gasteiger partial charge is 0.489 e. The van der Waals surface area contributed by atoms with Crippen molar-refractivity contribution in [1.82, 2.24) is 0 Å². The summed E-state index contributed by atoms with van der Waals surface area (Å²) in [5.41, 5.74) is 4.15. The second kappa shape index (κ2) is 7.80. The summed E-state index contributed by atoms with van der Waals surface area (Å²) in [5.74, 6) is 0.808. The Hall–Kier alpha value is -2.58. The first-order valence-electron chi connectivity index (χ1n) is 7.78. The molecule has 24 heavy (non-hydrogen) atoms. The fourth-order valence-corrected chi connectivity index (χ4v) is 2.47. The van der Waals surface area contributed by atoms with Crippen LogP contribution >= 0.6 is 11.6 Å². The molecule has 0 heterocycles. The minimum Gasteiger partial charge on any atom is -0.489 e. The van der Waals surface area contributed by atoms with Crippen molar-refractivity contribution in [2.45, 2.75) is 13.5 Å². The van der Waals surface area contributed by atoms with Gasteiger partial charge in [-0.3, -0.25) is 4.99 Å². The minimum atomic E-state index is 0.455. The van der Waals surface area contributed by atoms with Crippen LogP contribution in [0.1, 0.15) is 16.7 Å². The monoisotopic (exact) mass is 335 g/mol. The molecule has 0 saturated heterocycles. The highest BCUT2D eigenvalue weighted by atomic mass is 35.5. The Kier molecular flexibility index (Phi) is 5.29. The first kappa shape index (κ1) is 16.3. The molecule has 0 amide bonds. The van der Waals surface area contributed by atoms with E-state index >= 15 is 0 Å². The van der Waals surface area contributed by atoms with E-state index in [0.717, 1.165) is 33.1 Å². The van der Waals surface area contributed by atoms with Gasteiger partial charge in [0.15, 0.2) is 0 Å². The second-order valence-electron chi connectivity index (χ2n) is 5.49. The number of rotatable bonds is 5. The number of para-hydroxylation sites is 1. The number of nitrogens with zero attached hydrogens (tertiary/aromatic N) is 1. The van der Waals surface area contributed by atoms with E-state index in [2.05, 4.69) is 18.0 Å². The van der Waals surface area contributed by atoms with E-state index in [1.54, 1.807) is 0 Å². The maximum Gasteiger partial charge on any atom is 0.119 e. The third-order valence-electron chi connectivity index (χ3n) is 3.70. The summed E-state index contributed by atoms with van der Waals surface area (Å²) in [4.78, 5) is 4.53. The molecule has 0 radical (unpaired) electrons. The predicted molar refractivity (Wildman–Crippen MR) is 101 cm³/mol. The highest BCUT2D eigenvalue weighted by Crippen LogP contribution is 2.20. The fraction of sp³-hybridized carbons (Fsp3) is 0.0952. The Morgan fingerprint density at radius 3 is 2.38 bits per heavy atom. The number of aliphatic imine (C=N–C) groups is 1. The summed E-state index contributed by atoms with van der Waals surface area (Å²) < 4.78 is 5.78. The van der Waals surface area contributed by atoms with Gasteiger partial charge in [0.1, 0.15) is 12.4 Å². The van der Waals surface area contributed by atoms with Crippen molar-refractivity contribution in [3.8, 4) is 5.75 Å². The Bertz CT molecular complexity index is 840. The van der Waals surface area contributed by atoms with Crippen LogP contribution in [0.5, 0.6) is 5.75 Å². The van der Waals surface area contributed by atoms with Gasteiger partial charge in [-0.05, 0) is 54.4 Å². The molecule has 3 aromatic carbocycles. The lowest BCUT2D eigenvalue weighted by atomic mass is 10.2. The standard InChI is InChI=1S/C21H18ClNO/c1-16-6-2-5-9-21(16)23-14-17-10-12-19(13-11-17)24-15-18-7-3-4-8-20(18)22/h2-14H,15H2,1H3. The van der Waals surface area contributed by atoms with Gasteiger partial charge < -0.3 is 4.74 Å². The van der Waals surface area contributed by atoms with Crippen LogP contribution < -0.4 is 4.74 Å². The van der Waals surface area contributed by atoms with Crippen LogP contribution in [-0.4, -0.2) is 6.21 Å². The van der Waals surface area contributed by atoms with Crippen molar-refractivity contribution in [2.24, 2.45) is 4.99 Å². The highest BCUT2D eigenvalue weighted by molar-refractivity contribution is 6.31. The second-order valence-corrected chi connectivity index (χ2v) is 5.90. The molecule has 0 fully saturated rings. The van der Waals surface area contributed by atoms with Crippen LogP contribution in [0, 0.1) is 6.92 Å². The number of halogens is 1. The van der Waals surface area contributed by atoms with Gasteiger partial charge in [0.2, 0.25) is 0 Å². The van der Waals surface area contributed by atoms with E-state index in [1.165, 1.54) is 0 Å². The molecule has 120 valence electrons. The van der Waals surface area contributed by atoms with Gasteiger partial charge in [-0.25, -0.2) is 0 Å². The molecule has 2 nitrogen and oxygen atoms in total. The first-order valence-corrected chi connectivity index (χ1v) is 8.16. The van der Waals surface area contributed by atoms with Gasteiger partial charge >= 0.3 is 0 Å². The molecule has 3 aromatic rings. The van der Waals surface area contributed by atoms with Gasteiger partial charge in [0, 0.05) is 16.8 Å². The molecule has 0 bridgehead atoms. The lowest BCUT2D eigenvalue weighted by Crippen LogP contribution is -1.96. The van der Waals surface area contributed by atoms with Gasteiger partial charge in [0.25, 0.3) is 0 Å². The lowest BCUT2D eigenvalue weighted by Gasteiger charge is -2.07. The average molecular weight is 336 g/mol. The molecule has 0 N–H and O–H groups in total. The summed E-state index contributed by atoms with van der Waals surface area (Å²) in [7, 11) is 0. The van der Waals surface area contributed by atoms with E-state index in [0.29, 0.717) is 6.61 Å². The molecule has 0 aromatic heterocycles. The van der Waals surface area contributed by atoms with Gasteiger partial charge in [-0.1, -0.05) is 48.0 Å². The molecular formula is C21H18ClNO. The molecule has 0 spiro atoms. The third kappa shape index (κ3) is 4.24. The first-order chi connectivity index (χ1) is 11.7. The van der Waals surface area contributed by atoms with Crippen LogP contribution in [0.3, 0.4) is 0 Å². The minimum absolute atomic E-state index is 0.455. The van der Waals surface area contributed by atoms with Crippen LogP contribution in [0.4, 0.5) is 5.69 Å². The molecule has 3 heteroatoms. The van der Waals surface area contributed by atoms with E-state index in [-0.39, 0.29) is 0 Å². The Morgan fingerprint density at radius 1 is 0.917 bits per heavy atom. The van der Waals surface area contributed by atoms with E-state index < -0.39 is 0 Å². The van der Waals surface area contributed by atoms with Crippen molar-refractivity contribution in [3.63, 3.8) is 0 Å². The summed E-state index contributed by atoms with van der Waals surface area (Å²) >= 11 is 6.13. The zero-order valence-corrected chi connectivity index (χ0v) is 14.2. The molecular weight excluding hydrogens is 318 g/mol. The molecule has 3 rings (SSSR count). The summed E-state index contributed by atoms with van der Waals surface area (Å²) in [6.07, 6.45) is 1.86. The van der Waals surface area contributed by atoms with Crippen molar-refractivity contribution in [2.75, 3.05) is 0 Å². The Morgan fingerprint density at radius 2 is 1.62 bits per heavy atom. The third-order valence-corrected chi connectivity index (χ3v) is 4.07. The van der Waals surface area contributed by atoms with E-state index in [1.807, 2.05) is 72.9 Å². The summed E-state index contributed by atoms with van der Waals surface area (Å²) in [5, 5.41) is 0.722. The SMILES string of the molecule is Cc1ccccc1N=Cc1ccc(OCc2ccccc2Cl)cc1. The maximum atomic E-state index is 6.13. The smallest absolute Gasteiger partial charge is 0.119 e. The van der Waals surface area contributed by atoms with E-state index in [9.17, 15) is 0 Å². The van der Waals surface area contributed by atoms with Crippen LogP contribution in [0.2, 0.25) is 5.02 Å². The number of ether oxygens (including phenoxy) is 1. The van der Waals surface area contributed by atoms with Crippen LogP contribution in [0.15, 0.2) is 77.8 Å². The topological polar surface area (TPSA) is 21.6 Å². The number of hydrogen-bond donors (Lipinski definition) is 0. The molecule has 0 aliphatic carbocycles. The molecule has 0 saturated carbocycles. The molecule has 0 atom stereocenters. The van der Waals surface area contributed by atoms with Crippen LogP contribution in [0.25, 0.3) is 0 Å². The van der Waals surface area contributed by atoms with Crippen molar-refractivity contribution in [3.05, 3.63) is 94.5 Å². The zero-order chi connectivity index (χ0) is 16.8. The summed E-state index contributed by atoms with van der Waals surface area (Å²) in [6.45, 7) is 2.51.